The summed E-state index contributed by atoms with van der Waals surface area (Å²) < 4.78 is 11.5. The van der Waals surface area contributed by atoms with Crippen LogP contribution in [0.3, 0.4) is 0 Å². The molecule has 1 fully saturated rings. The minimum Gasteiger partial charge on any atom is -0.464 e. The Hall–Kier alpha value is -1.72. The lowest BCUT2D eigenvalue weighted by atomic mass is 10.3. The van der Waals surface area contributed by atoms with Crippen molar-refractivity contribution in [3.8, 4) is 0 Å². The maximum Gasteiger partial charge on any atom is 0.257 e. The van der Waals surface area contributed by atoms with Crippen molar-refractivity contribution in [2.24, 2.45) is 0 Å². The third-order valence-corrected chi connectivity index (χ3v) is 4.32. The third kappa shape index (κ3) is 3.14. The van der Waals surface area contributed by atoms with E-state index in [0.717, 1.165) is 34.9 Å². The molecule has 5 heteroatoms. The van der Waals surface area contributed by atoms with Crippen molar-refractivity contribution >= 4 is 22.9 Å². The monoisotopic (exact) mass is 300 g/mol. The van der Waals surface area contributed by atoms with E-state index in [0.29, 0.717) is 11.3 Å². The molecule has 21 heavy (non-hydrogen) atoms. The predicted octanol–water partition coefficient (Wildman–Crippen LogP) is 3.97. The minimum absolute atomic E-state index is 0.685. The number of para-hydroxylation sites is 2. The molecule has 108 valence electrons. The van der Waals surface area contributed by atoms with Gasteiger partial charge in [-0.1, -0.05) is 23.9 Å². The maximum atomic E-state index is 5.80. The van der Waals surface area contributed by atoms with Gasteiger partial charge in [0.05, 0.1) is 12.3 Å². The predicted molar refractivity (Wildman–Crippen MR) is 82.1 cm³/mol. The van der Waals surface area contributed by atoms with Crippen LogP contribution in [0.5, 0.6) is 0 Å². The van der Waals surface area contributed by atoms with Gasteiger partial charge in [-0.2, -0.15) is 0 Å². The summed E-state index contributed by atoms with van der Waals surface area (Å²) in [5.74, 6) is 2.68. The minimum atomic E-state index is 0.685. The largest absolute Gasteiger partial charge is 0.464 e. The lowest BCUT2D eigenvalue weighted by molar-refractivity contribution is 0.456. The van der Waals surface area contributed by atoms with Crippen LogP contribution in [0, 0.1) is 0 Å². The van der Waals surface area contributed by atoms with Crippen LogP contribution in [0.2, 0.25) is 0 Å². The molecule has 2 heterocycles. The van der Waals surface area contributed by atoms with Crippen LogP contribution in [0.25, 0.3) is 11.1 Å². The van der Waals surface area contributed by atoms with E-state index >= 15 is 0 Å². The molecule has 1 aliphatic rings. The van der Waals surface area contributed by atoms with Crippen molar-refractivity contribution in [2.75, 3.05) is 0 Å². The molecule has 1 aliphatic carbocycles. The lowest BCUT2D eigenvalue weighted by Crippen LogP contribution is -2.14. The highest BCUT2D eigenvalue weighted by atomic mass is 32.2. The van der Waals surface area contributed by atoms with Crippen molar-refractivity contribution in [1.29, 1.82) is 0 Å². The molecule has 0 bridgehead atoms. The molecule has 3 aromatic rings. The molecule has 0 amide bonds. The van der Waals surface area contributed by atoms with Gasteiger partial charge < -0.3 is 14.2 Å². The maximum absolute atomic E-state index is 5.80. The van der Waals surface area contributed by atoms with Gasteiger partial charge in [0.2, 0.25) is 0 Å². The van der Waals surface area contributed by atoms with E-state index in [1.807, 2.05) is 36.4 Å². The number of oxazole rings is 1. The number of hydrogen-bond acceptors (Lipinski definition) is 5. The van der Waals surface area contributed by atoms with Crippen LogP contribution in [0.15, 0.2) is 50.5 Å². The van der Waals surface area contributed by atoms with Crippen LogP contribution in [0.4, 0.5) is 0 Å². The van der Waals surface area contributed by atoms with Gasteiger partial charge in [-0.25, -0.2) is 4.98 Å². The molecule has 0 spiro atoms. The molecule has 2 aromatic heterocycles. The molecule has 1 aromatic carbocycles. The van der Waals surface area contributed by atoms with Crippen LogP contribution in [0.1, 0.15) is 24.4 Å². The molecular formula is C16H16N2O2S. The van der Waals surface area contributed by atoms with Crippen molar-refractivity contribution in [1.82, 2.24) is 10.3 Å². The van der Waals surface area contributed by atoms with E-state index in [9.17, 15) is 0 Å². The molecule has 0 atom stereocenters. The zero-order valence-electron chi connectivity index (χ0n) is 11.5. The van der Waals surface area contributed by atoms with E-state index in [-0.39, 0.29) is 0 Å². The summed E-state index contributed by atoms with van der Waals surface area (Å²) in [6.45, 7) is 0.818. The second-order valence-electron chi connectivity index (χ2n) is 5.26. The summed E-state index contributed by atoms with van der Waals surface area (Å²) in [4.78, 5) is 4.44. The first kappa shape index (κ1) is 13.0. The van der Waals surface area contributed by atoms with Crippen molar-refractivity contribution < 1.29 is 8.83 Å². The highest BCUT2D eigenvalue weighted by Gasteiger charge is 2.20. The lowest BCUT2D eigenvalue weighted by Gasteiger charge is -1.98. The molecule has 0 unspecified atom stereocenters. The van der Waals surface area contributed by atoms with Gasteiger partial charge in [0.25, 0.3) is 5.22 Å². The fourth-order valence-corrected chi connectivity index (χ4v) is 2.91. The molecule has 4 rings (SSSR count). The molecule has 1 N–H and O–H groups in total. The zero-order valence-corrected chi connectivity index (χ0v) is 12.4. The number of hydrogen-bond donors (Lipinski definition) is 1. The number of aromatic nitrogens is 1. The topological polar surface area (TPSA) is 51.2 Å². The number of rotatable bonds is 6. The third-order valence-electron chi connectivity index (χ3n) is 3.47. The summed E-state index contributed by atoms with van der Waals surface area (Å²) in [6, 6.07) is 12.6. The summed E-state index contributed by atoms with van der Waals surface area (Å²) in [5.41, 5.74) is 1.72. The Bertz CT molecular complexity index is 712. The highest BCUT2D eigenvalue weighted by Crippen LogP contribution is 2.27. The summed E-state index contributed by atoms with van der Waals surface area (Å²) in [6.07, 6.45) is 2.59. The number of benzene rings is 1. The molecule has 0 saturated heterocycles. The van der Waals surface area contributed by atoms with Crippen LogP contribution >= 0.6 is 11.8 Å². The normalized spacial score (nSPS) is 14.9. The van der Waals surface area contributed by atoms with E-state index in [1.165, 1.54) is 12.8 Å². The fraction of sp³-hybridized carbons (Fsp3) is 0.312. The van der Waals surface area contributed by atoms with Gasteiger partial charge in [0.1, 0.15) is 17.0 Å². The second kappa shape index (κ2) is 5.58. The molecule has 1 saturated carbocycles. The van der Waals surface area contributed by atoms with Crippen LogP contribution in [-0.2, 0) is 12.3 Å². The first-order valence-electron chi connectivity index (χ1n) is 7.16. The average molecular weight is 300 g/mol. The number of nitrogens with one attached hydrogen (secondary N) is 1. The number of nitrogens with zero attached hydrogens (tertiary/aromatic N) is 1. The smallest absolute Gasteiger partial charge is 0.257 e. The fourth-order valence-electron chi connectivity index (χ4n) is 2.17. The first-order valence-corrected chi connectivity index (χ1v) is 8.15. The Kier molecular flexibility index (Phi) is 3.45. The van der Waals surface area contributed by atoms with Gasteiger partial charge in [-0.05, 0) is 37.1 Å². The second-order valence-corrected chi connectivity index (χ2v) is 6.19. The van der Waals surface area contributed by atoms with Crippen LogP contribution in [-0.4, -0.2) is 11.0 Å². The SMILES string of the molecule is c1ccc2oc(SCc3ccc(CNC4CC4)o3)nc2c1. The number of fused-ring (bicyclic) bond motifs is 1. The molecule has 0 aliphatic heterocycles. The van der Waals surface area contributed by atoms with Crippen molar-refractivity contribution in [3.05, 3.63) is 47.9 Å². The van der Waals surface area contributed by atoms with E-state index in [4.69, 9.17) is 8.83 Å². The highest BCUT2D eigenvalue weighted by molar-refractivity contribution is 7.98. The average Bonchev–Trinajstić information content (AvgIpc) is 3.07. The zero-order chi connectivity index (χ0) is 14.1. The molecular weight excluding hydrogens is 284 g/mol. The standard InChI is InChI=1S/C16H16N2O2S/c1-2-4-15-14(3-1)18-16(20-15)21-10-13-8-7-12(19-13)9-17-11-5-6-11/h1-4,7-8,11,17H,5-6,9-10H2. The Morgan fingerprint density at radius 2 is 1.95 bits per heavy atom. The quantitative estimate of drug-likeness (QED) is 0.698. The summed E-state index contributed by atoms with van der Waals surface area (Å²) >= 11 is 1.56. The van der Waals surface area contributed by atoms with Gasteiger partial charge in [0, 0.05) is 6.04 Å². The van der Waals surface area contributed by atoms with Crippen molar-refractivity contribution in [3.63, 3.8) is 0 Å². The first-order chi connectivity index (χ1) is 10.4. The molecule has 4 nitrogen and oxygen atoms in total. The Labute approximate surface area is 126 Å². The van der Waals surface area contributed by atoms with Gasteiger partial charge in [-0.15, -0.1) is 0 Å². The van der Waals surface area contributed by atoms with E-state index in [2.05, 4.69) is 10.3 Å². The Morgan fingerprint density at radius 3 is 2.81 bits per heavy atom. The van der Waals surface area contributed by atoms with E-state index < -0.39 is 0 Å². The Morgan fingerprint density at radius 1 is 1.10 bits per heavy atom. The number of furan rings is 1. The van der Waals surface area contributed by atoms with Crippen molar-refractivity contribution in [2.45, 2.75) is 36.4 Å². The van der Waals surface area contributed by atoms with Gasteiger partial charge >= 0.3 is 0 Å². The Balaban J connectivity index is 1.37. The van der Waals surface area contributed by atoms with Gasteiger partial charge in [0.15, 0.2) is 5.58 Å². The van der Waals surface area contributed by atoms with Crippen LogP contribution < -0.4 is 5.32 Å². The summed E-state index contributed by atoms with van der Waals surface area (Å²) in [7, 11) is 0. The molecule has 0 radical (unpaired) electrons. The van der Waals surface area contributed by atoms with Gasteiger partial charge in [-0.3, -0.25) is 0 Å². The number of thioether (sulfide) groups is 1. The summed E-state index contributed by atoms with van der Waals surface area (Å²) in [5, 5.41) is 4.13. The van der Waals surface area contributed by atoms with E-state index in [1.54, 1.807) is 11.8 Å².